The van der Waals surface area contributed by atoms with E-state index >= 15 is 0 Å². The molecule has 200 valence electrons. The monoisotopic (exact) mass is 501 g/mol. The third-order valence-corrected chi connectivity index (χ3v) is 4.88. The van der Waals surface area contributed by atoms with E-state index in [1.54, 1.807) is 13.8 Å². The smallest absolute Gasteiger partial charge is 0.326 e. The number of carbonyl (C=O) groups is 5. The van der Waals surface area contributed by atoms with Gasteiger partial charge in [0.05, 0.1) is 12.5 Å². The third-order valence-electron chi connectivity index (χ3n) is 4.88. The number of nitrogens with one attached hydrogen (secondary N) is 3. The van der Waals surface area contributed by atoms with Crippen LogP contribution in [0.4, 0.5) is 0 Å². The van der Waals surface area contributed by atoms with Crippen LogP contribution in [0.3, 0.4) is 0 Å². The molecule has 0 aliphatic heterocycles. The molecule has 0 bridgehead atoms. The number of hydrogen-bond donors (Lipinski definition) is 8. The quantitative estimate of drug-likeness (QED) is 0.0661. The fourth-order valence-electron chi connectivity index (χ4n) is 3.07. The first-order chi connectivity index (χ1) is 16.1. The van der Waals surface area contributed by atoms with Crippen LogP contribution in [0, 0.1) is 11.8 Å². The van der Waals surface area contributed by atoms with Crippen LogP contribution in [0.2, 0.25) is 0 Å². The summed E-state index contributed by atoms with van der Waals surface area (Å²) in [5, 5.41) is 25.6. The molecule has 0 saturated carbocycles. The highest BCUT2D eigenvalue weighted by Gasteiger charge is 2.31. The van der Waals surface area contributed by atoms with Crippen molar-refractivity contribution in [2.45, 2.75) is 77.5 Å². The second-order valence-corrected chi connectivity index (χ2v) is 8.97. The number of nitrogens with two attached hydrogens (primary N) is 3. The largest absolute Gasteiger partial charge is 0.481 e. The van der Waals surface area contributed by atoms with Gasteiger partial charge in [0.1, 0.15) is 18.1 Å². The minimum atomic E-state index is -1.39. The molecule has 0 aromatic heterocycles. The number of carboxylic acids is 2. The lowest BCUT2D eigenvalue weighted by Crippen LogP contribution is -2.58. The Kier molecular flexibility index (Phi) is 14.0. The maximum absolute atomic E-state index is 13.0. The summed E-state index contributed by atoms with van der Waals surface area (Å²) in [6, 6.07) is -4.79. The lowest BCUT2D eigenvalue weighted by atomic mass is 9.99. The van der Waals surface area contributed by atoms with Crippen molar-refractivity contribution in [2.75, 3.05) is 6.54 Å². The van der Waals surface area contributed by atoms with E-state index in [4.69, 9.17) is 22.3 Å². The van der Waals surface area contributed by atoms with Crippen molar-refractivity contribution in [3.63, 3.8) is 0 Å². The van der Waals surface area contributed by atoms with Crippen LogP contribution in [0.15, 0.2) is 4.99 Å². The zero-order chi connectivity index (χ0) is 27.3. The number of aliphatic carboxylic acids is 2. The Labute approximate surface area is 204 Å². The molecule has 0 radical (unpaired) electrons. The van der Waals surface area contributed by atoms with Crippen molar-refractivity contribution in [3.05, 3.63) is 0 Å². The maximum Gasteiger partial charge on any atom is 0.326 e. The van der Waals surface area contributed by atoms with Gasteiger partial charge in [0, 0.05) is 6.54 Å². The lowest BCUT2D eigenvalue weighted by molar-refractivity contribution is -0.143. The highest BCUT2D eigenvalue weighted by molar-refractivity contribution is 5.94. The second kappa shape index (κ2) is 15.5. The van der Waals surface area contributed by atoms with Gasteiger partial charge in [0.25, 0.3) is 0 Å². The van der Waals surface area contributed by atoms with Crippen LogP contribution in [0.5, 0.6) is 0 Å². The van der Waals surface area contributed by atoms with E-state index in [-0.39, 0.29) is 37.7 Å². The Hall–Kier alpha value is -3.42. The van der Waals surface area contributed by atoms with Crippen molar-refractivity contribution in [1.29, 1.82) is 0 Å². The number of aliphatic imine (C=N–C) groups is 1. The average Bonchev–Trinajstić information content (AvgIpc) is 2.71. The molecular formula is C21H39N7O7. The Morgan fingerprint density at radius 2 is 1.40 bits per heavy atom. The number of guanidine groups is 1. The van der Waals surface area contributed by atoms with E-state index < -0.39 is 66.2 Å². The van der Waals surface area contributed by atoms with E-state index in [2.05, 4.69) is 20.9 Å². The van der Waals surface area contributed by atoms with Crippen molar-refractivity contribution in [1.82, 2.24) is 16.0 Å². The molecule has 0 saturated heterocycles. The molecule has 0 aromatic rings. The van der Waals surface area contributed by atoms with Gasteiger partial charge in [-0.1, -0.05) is 27.7 Å². The molecule has 14 nitrogen and oxygen atoms in total. The Morgan fingerprint density at radius 3 is 1.86 bits per heavy atom. The van der Waals surface area contributed by atoms with Gasteiger partial charge in [0.2, 0.25) is 17.7 Å². The van der Waals surface area contributed by atoms with E-state index in [0.29, 0.717) is 0 Å². The summed E-state index contributed by atoms with van der Waals surface area (Å²) in [6.45, 7) is 7.08. The van der Waals surface area contributed by atoms with Crippen LogP contribution >= 0.6 is 0 Å². The SMILES string of the molecule is CC(C)CC(NC(=O)C(CCCN=C(N)N)NC(=O)C(N)CC(=O)O)C(=O)NC(C(=O)O)C(C)C. The van der Waals surface area contributed by atoms with Crippen LogP contribution in [-0.2, 0) is 24.0 Å². The fourth-order valence-corrected chi connectivity index (χ4v) is 3.07. The van der Waals surface area contributed by atoms with Crippen LogP contribution in [-0.4, -0.2) is 76.5 Å². The van der Waals surface area contributed by atoms with Gasteiger partial charge in [-0.2, -0.15) is 0 Å². The predicted octanol–water partition coefficient (Wildman–Crippen LogP) is -1.92. The van der Waals surface area contributed by atoms with Crippen LogP contribution in [0.25, 0.3) is 0 Å². The number of hydrogen-bond acceptors (Lipinski definition) is 7. The van der Waals surface area contributed by atoms with Crippen molar-refractivity contribution in [2.24, 2.45) is 34.0 Å². The van der Waals surface area contributed by atoms with Gasteiger partial charge < -0.3 is 43.4 Å². The molecule has 0 aliphatic rings. The van der Waals surface area contributed by atoms with Crippen molar-refractivity contribution >= 4 is 35.6 Å². The zero-order valence-corrected chi connectivity index (χ0v) is 20.6. The zero-order valence-electron chi connectivity index (χ0n) is 20.6. The molecule has 4 atom stereocenters. The minimum Gasteiger partial charge on any atom is -0.481 e. The Morgan fingerprint density at radius 1 is 0.857 bits per heavy atom. The summed E-state index contributed by atoms with van der Waals surface area (Å²) in [5.41, 5.74) is 16.2. The van der Waals surface area contributed by atoms with Crippen molar-refractivity contribution < 1.29 is 34.2 Å². The lowest BCUT2D eigenvalue weighted by Gasteiger charge is -2.26. The molecule has 14 heteroatoms. The first-order valence-corrected chi connectivity index (χ1v) is 11.3. The summed E-state index contributed by atoms with van der Waals surface area (Å²) in [4.78, 5) is 64.3. The molecule has 0 fully saturated rings. The summed E-state index contributed by atoms with van der Waals surface area (Å²) in [7, 11) is 0. The third kappa shape index (κ3) is 13.2. The summed E-state index contributed by atoms with van der Waals surface area (Å²) < 4.78 is 0. The fraction of sp³-hybridized carbons (Fsp3) is 0.714. The second-order valence-electron chi connectivity index (χ2n) is 8.97. The molecule has 35 heavy (non-hydrogen) atoms. The van der Waals surface area contributed by atoms with Crippen molar-refractivity contribution in [3.8, 4) is 0 Å². The highest BCUT2D eigenvalue weighted by atomic mass is 16.4. The standard InChI is InChI=1S/C21H39N7O7/c1-10(2)8-14(19(33)28-16(11(3)4)20(34)35)27-18(32)13(6-5-7-25-21(23)24)26-17(31)12(22)9-15(29)30/h10-14,16H,5-9,22H2,1-4H3,(H,26,31)(H,27,32)(H,28,33)(H,29,30)(H,34,35)(H4,23,24,25). The molecule has 4 unspecified atom stereocenters. The van der Waals surface area contributed by atoms with E-state index in [9.17, 15) is 29.1 Å². The van der Waals surface area contributed by atoms with Crippen LogP contribution in [0.1, 0.15) is 53.4 Å². The molecule has 0 rings (SSSR count). The van der Waals surface area contributed by atoms with Gasteiger partial charge in [-0.15, -0.1) is 0 Å². The normalized spacial score (nSPS) is 14.4. The number of carboxylic acid groups (broad SMARTS) is 2. The maximum atomic E-state index is 13.0. The first-order valence-electron chi connectivity index (χ1n) is 11.3. The van der Waals surface area contributed by atoms with Gasteiger partial charge >= 0.3 is 11.9 Å². The predicted molar refractivity (Wildman–Crippen MR) is 128 cm³/mol. The van der Waals surface area contributed by atoms with Gasteiger partial charge in [-0.3, -0.25) is 24.2 Å². The summed E-state index contributed by atoms with van der Waals surface area (Å²) in [5.74, 6) is -5.33. The Bertz CT molecular complexity index is 782. The molecule has 0 aliphatic carbocycles. The van der Waals surface area contributed by atoms with Gasteiger partial charge in [0.15, 0.2) is 5.96 Å². The highest BCUT2D eigenvalue weighted by Crippen LogP contribution is 2.09. The number of rotatable bonds is 16. The minimum absolute atomic E-state index is 0.0349. The Balaban J connectivity index is 5.62. The molecule has 3 amide bonds. The molecule has 11 N–H and O–H groups in total. The summed E-state index contributed by atoms with van der Waals surface area (Å²) in [6.07, 6.45) is -0.0959. The topological polar surface area (TPSA) is 252 Å². The van der Waals surface area contributed by atoms with Gasteiger partial charge in [-0.25, -0.2) is 4.79 Å². The average molecular weight is 502 g/mol. The van der Waals surface area contributed by atoms with E-state index in [1.807, 2.05) is 13.8 Å². The first kappa shape index (κ1) is 31.6. The number of amides is 3. The van der Waals surface area contributed by atoms with Crippen LogP contribution < -0.4 is 33.2 Å². The summed E-state index contributed by atoms with van der Waals surface area (Å²) >= 11 is 0. The molecule has 0 aromatic carbocycles. The number of nitrogens with zero attached hydrogens (tertiary/aromatic N) is 1. The molecule has 0 spiro atoms. The number of carbonyl (C=O) groups excluding carboxylic acids is 3. The van der Waals surface area contributed by atoms with Gasteiger partial charge in [-0.05, 0) is 31.1 Å². The molecule has 0 heterocycles. The molecular weight excluding hydrogens is 462 g/mol. The van der Waals surface area contributed by atoms with E-state index in [1.165, 1.54) is 0 Å². The van der Waals surface area contributed by atoms with E-state index in [0.717, 1.165) is 0 Å².